The third-order valence-corrected chi connectivity index (χ3v) is 5.95. The summed E-state index contributed by atoms with van der Waals surface area (Å²) in [6.07, 6.45) is 4.33. The number of likely N-dealkylation sites (tertiary alicyclic amines) is 1. The van der Waals surface area contributed by atoms with E-state index in [9.17, 15) is 4.79 Å². The molecule has 8 nitrogen and oxygen atoms in total. The first kappa shape index (κ1) is 21.8. The van der Waals surface area contributed by atoms with Gasteiger partial charge in [-0.15, -0.1) is 0 Å². The lowest BCUT2D eigenvalue weighted by Crippen LogP contribution is -2.39. The Morgan fingerprint density at radius 2 is 2.13 bits per heavy atom. The van der Waals surface area contributed by atoms with Crippen molar-refractivity contribution in [1.82, 2.24) is 25.0 Å². The van der Waals surface area contributed by atoms with Crippen LogP contribution in [-0.2, 0) is 22.5 Å². The van der Waals surface area contributed by atoms with Crippen LogP contribution in [0.1, 0.15) is 24.1 Å². The molecule has 2 fully saturated rings. The average molecular weight is 445 g/mol. The molecular formula is C22H29ClN6O2. The molecule has 0 aliphatic carbocycles. The lowest BCUT2D eigenvalue weighted by molar-refractivity contribution is -0.127. The quantitative estimate of drug-likeness (QED) is 0.638. The van der Waals surface area contributed by atoms with Gasteiger partial charge in [-0.1, -0.05) is 18.2 Å². The van der Waals surface area contributed by atoms with Crippen LogP contribution in [0.15, 0.2) is 30.9 Å². The maximum Gasteiger partial charge on any atom is 0.245 e. The number of hydrogen-bond acceptors (Lipinski definition) is 6. The van der Waals surface area contributed by atoms with Crippen LogP contribution < -0.4 is 5.32 Å². The molecule has 166 valence electrons. The fourth-order valence-corrected chi connectivity index (χ4v) is 4.42. The largest absolute Gasteiger partial charge is 0.379 e. The third-order valence-electron chi connectivity index (χ3n) is 5.75. The summed E-state index contributed by atoms with van der Waals surface area (Å²) in [6.45, 7) is 9.41. The number of nitrogens with zero attached hydrogens (tertiary/aromatic N) is 4. The molecule has 2 aromatic heterocycles. The SMILES string of the molecule is C=CC(=O)N1CCC[C@H](Cc2cc(CN3CCOCC3)cc(Nc3cc(Cl)[nH]n3)n2)C1. The Morgan fingerprint density at radius 1 is 1.29 bits per heavy atom. The van der Waals surface area contributed by atoms with Crippen LogP contribution in [0.3, 0.4) is 0 Å². The van der Waals surface area contributed by atoms with Crippen molar-refractivity contribution in [2.24, 2.45) is 5.92 Å². The minimum absolute atomic E-state index is 0.0106. The molecule has 1 amide bonds. The Balaban J connectivity index is 1.51. The van der Waals surface area contributed by atoms with Crippen LogP contribution in [0.25, 0.3) is 0 Å². The fourth-order valence-electron chi connectivity index (χ4n) is 4.28. The maximum atomic E-state index is 12.0. The molecule has 4 rings (SSSR count). The highest BCUT2D eigenvalue weighted by Crippen LogP contribution is 2.24. The molecule has 2 aliphatic heterocycles. The zero-order valence-corrected chi connectivity index (χ0v) is 18.4. The van der Waals surface area contributed by atoms with Crippen molar-refractivity contribution in [3.63, 3.8) is 0 Å². The van der Waals surface area contributed by atoms with E-state index in [-0.39, 0.29) is 5.91 Å². The van der Waals surface area contributed by atoms with Gasteiger partial charge in [0.2, 0.25) is 5.91 Å². The smallest absolute Gasteiger partial charge is 0.245 e. The highest BCUT2D eigenvalue weighted by Gasteiger charge is 2.23. The van der Waals surface area contributed by atoms with Crippen molar-refractivity contribution in [3.8, 4) is 0 Å². The van der Waals surface area contributed by atoms with Crippen molar-refractivity contribution in [1.29, 1.82) is 0 Å². The van der Waals surface area contributed by atoms with Crippen molar-refractivity contribution < 1.29 is 9.53 Å². The number of piperidine rings is 1. The van der Waals surface area contributed by atoms with E-state index in [1.54, 1.807) is 6.07 Å². The number of anilines is 2. The Kier molecular flexibility index (Phi) is 7.21. The first-order chi connectivity index (χ1) is 15.1. The number of aromatic nitrogens is 3. The minimum Gasteiger partial charge on any atom is -0.379 e. The van der Waals surface area contributed by atoms with Gasteiger partial charge in [-0.3, -0.25) is 14.8 Å². The number of nitrogens with one attached hydrogen (secondary N) is 2. The van der Waals surface area contributed by atoms with Crippen LogP contribution >= 0.6 is 11.6 Å². The number of carbonyl (C=O) groups excluding carboxylic acids is 1. The molecule has 0 radical (unpaired) electrons. The number of morpholine rings is 1. The summed E-state index contributed by atoms with van der Waals surface area (Å²) in [7, 11) is 0. The van der Waals surface area contributed by atoms with Crippen molar-refractivity contribution in [2.45, 2.75) is 25.8 Å². The third kappa shape index (κ3) is 6.06. The van der Waals surface area contributed by atoms with Gasteiger partial charge in [-0.25, -0.2) is 4.98 Å². The first-order valence-corrected chi connectivity index (χ1v) is 11.2. The number of ether oxygens (including phenoxy) is 1. The van der Waals surface area contributed by atoms with E-state index in [1.165, 1.54) is 11.6 Å². The summed E-state index contributed by atoms with van der Waals surface area (Å²) in [6, 6.07) is 5.99. The second kappa shape index (κ2) is 10.3. The molecule has 1 atom stereocenters. The highest BCUT2D eigenvalue weighted by molar-refractivity contribution is 6.29. The zero-order chi connectivity index (χ0) is 21.6. The average Bonchev–Trinajstić information content (AvgIpc) is 3.18. The van der Waals surface area contributed by atoms with Gasteiger partial charge in [0.25, 0.3) is 0 Å². The Hall–Kier alpha value is -2.42. The zero-order valence-electron chi connectivity index (χ0n) is 17.6. The fraction of sp³-hybridized carbons (Fsp3) is 0.500. The Labute approximate surface area is 187 Å². The van der Waals surface area contributed by atoms with Crippen LogP contribution in [0.5, 0.6) is 0 Å². The topological polar surface area (TPSA) is 86.4 Å². The number of H-pyrrole nitrogens is 1. The molecular weight excluding hydrogens is 416 g/mol. The summed E-state index contributed by atoms with van der Waals surface area (Å²) < 4.78 is 5.48. The van der Waals surface area contributed by atoms with Crippen LogP contribution in [0.4, 0.5) is 11.6 Å². The summed E-state index contributed by atoms with van der Waals surface area (Å²) in [5.41, 5.74) is 2.22. The molecule has 31 heavy (non-hydrogen) atoms. The van der Waals surface area contributed by atoms with Crippen LogP contribution in [-0.4, -0.2) is 70.3 Å². The Morgan fingerprint density at radius 3 is 2.87 bits per heavy atom. The van der Waals surface area contributed by atoms with Crippen molar-refractivity contribution in [2.75, 3.05) is 44.7 Å². The lowest BCUT2D eigenvalue weighted by atomic mass is 9.92. The summed E-state index contributed by atoms with van der Waals surface area (Å²) in [5, 5.41) is 10.6. The van der Waals surface area contributed by atoms with Gasteiger partial charge in [-0.05, 0) is 49.0 Å². The molecule has 0 aromatic carbocycles. The number of halogens is 1. The normalized spacial score (nSPS) is 19.9. The number of carbonyl (C=O) groups is 1. The summed E-state index contributed by atoms with van der Waals surface area (Å²) >= 11 is 5.96. The number of aromatic amines is 1. The molecule has 2 saturated heterocycles. The molecule has 2 N–H and O–H groups in total. The van der Waals surface area contributed by atoms with Gasteiger partial charge in [0.1, 0.15) is 11.0 Å². The Bertz CT molecular complexity index is 911. The molecule has 0 spiro atoms. The van der Waals surface area contributed by atoms with Gasteiger partial charge in [-0.2, -0.15) is 5.10 Å². The molecule has 4 heterocycles. The standard InChI is InChI=1S/C22H29ClN6O2/c1-2-22(30)29-5-3-4-16(15-29)10-18-11-17(14-28-6-8-31-9-7-28)12-20(24-18)25-21-13-19(23)26-27-21/h2,11-13,16H,1,3-10,14-15H2,(H2,24,25,26,27)/t16-/m1/s1. The predicted octanol–water partition coefficient (Wildman–Crippen LogP) is 3.00. The number of rotatable bonds is 7. The van der Waals surface area contributed by atoms with Crippen molar-refractivity contribution >= 4 is 29.1 Å². The van der Waals surface area contributed by atoms with E-state index >= 15 is 0 Å². The van der Waals surface area contributed by atoms with Crippen LogP contribution in [0, 0.1) is 5.92 Å². The highest BCUT2D eigenvalue weighted by atomic mass is 35.5. The number of hydrogen-bond donors (Lipinski definition) is 2. The molecule has 9 heteroatoms. The lowest BCUT2D eigenvalue weighted by Gasteiger charge is -2.32. The maximum absolute atomic E-state index is 12.0. The molecule has 2 aliphatic rings. The van der Waals surface area contributed by atoms with E-state index in [1.807, 2.05) is 4.90 Å². The minimum atomic E-state index is 0.0106. The van der Waals surface area contributed by atoms with E-state index < -0.39 is 0 Å². The van der Waals surface area contributed by atoms with E-state index in [0.29, 0.717) is 16.9 Å². The molecule has 0 unspecified atom stereocenters. The van der Waals surface area contributed by atoms with Gasteiger partial charge < -0.3 is 15.0 Å². The van der Waals surface area contributed by atoms with Gasteiger partial charge in [0.15, 0.2) is 5.82 Å². The molecule has 2 aromatic rings. The second-order valence-corrected chi connectivity index (χ2v) is 8.57. The van der Waals surface area contributed by atoms with E-state index in [2.05, 4.69) is 39.1 Å². The van der Waals surface area contributed by atoms with Gasteiger partial charge >= 0.3 is 0 Å². The van der Waals surface area contributed by atoms with E-state index in [0.717, 1.165) is 76.7 Å². The van der Waals surface area contributed by atoms with Gasteiger partial charge in [0.05, 0.1) is 13.2 Å². The predicted molar refractivity (Wildman–Crippen MR) is 120 cm³/mol. The van der Waals surface area contributed by atoms with Crippen LogP contribution in [0.2, 0.25) is 5.15 Å². The second-order valence-electron chi connectivity index (χ2n) is 8.17. The van der Waals surface area contributed by atoms with Crippen molar-refractivity contribution in [3.05, 3.63) is 47.3 Å². The van der Waals surface area contributed by atoms with Gasteiger partial charge in [0, 0.05) is 44.5 Å². The molecule has 0 bridgehead atoms. The summed E-state index contributed by atoms with van der Waals surface area (Å²) in [4.78, 5) is 21.2. The van der Waals surface area contributed by atoms with E-state index in [4.69, 9.17) is 21.3 Å². The monoisotopic (exact) mass is 444 g/mol. The number of pyridine rings is 1. The number of amides is 1. The first-order valence-electron chi connectivity index (χ1n) is 10.8. The summed E-state index contributed by atoms with van der Waals surface area (Å²) in [5.74, 6) is 1.78. The molecule has 0 saturated carbocycles.